The molecule has 2 aromatic rings. The topological polar surface area (TPSA) is 78.7 Å². The minimum Gasteiger partial charge on any atom is -0.438 e. The Morgan fingerprint density at radius 3 is 2.45 bits per heavy atom. The van der Waals surface area contributed by atoms with Crippen molar-refractivity contribution in [3.05, 3.63) is 48.2 Å². The smallest absolute Gasteiger partial charge is 0.288 e. The summed E-state index contributed by atoms with van der Waals surface area (Å²) in [5.74, 6) is 0.340. The van der Waals surface area contributed by atoms with Crippen molar-refractivity contribution < 1.29 is 14.0 Å². The van der Waals surface area contributed by atoms with Gasteiger partial charge in [0.2, 0.25) is 11.7 Å². The van der Waals surface area contributed by atoms with E-state index in [0.29, 0.717) is 0 Å². The summed E-state index contributed by atoms with van der Waals surface area (Å²) < 4.78 is 5.04. The normalized spacial score (nSPS) is 22.4. The molecule has 0 radical (unpaired) electrons. The molecule has 1 aliphatic carbocycles. The number of amides is 2. The van der Waals surface area contributed by atoms with Crippen LogP contribution in [0, 0.1) is 12.8 Å². The molecule has 2 aliphatic rings. The molecule has 154 valence electrons. The third-order valence-electron chi connectivity index (χ3n) is 6.12. The molecule has 0 unspecified atom stereocenters. The van der Waals surface area contributed by atoms with E-state index in [0.717, 1.165) is 51.9 Å². The highest BCUT2D eigenvalue weighted by atomic mass is 16.3. The number of aromatic nitrogens is 1. The zero-order valence-corrected chi connectivity index (χ0v) is 16.8. The first-order valence-electron chi connectivity index (χ1n) is 10.4. The first-order valence-corrected chi connectivity index (χ1v) is 10.4. The molecule has 2 heterocycles. The fourth-order valence-electron chi connectivity index (χ4n) is 4.41. The summed E-state index contributed by atoms with van der Waals surface area (Å²) in [5.41, 5.74) is 2.54. The summed E-state index contributed by atoms with van der Waals surface area (Å²) in [6.45, 7) is 5.43. The van der Waals surface area contributed by atoms with Gasteiger partial charge in [0, 0.05) is 43.8 Å². The van der Waals surface area contributed by atoms with Crippen molar-refractivity contribution in [3.63, 3.8) is 0 Å². The van der Waals surface area contributed by atoms with Crippen molar-refractivity contribution in [2.45, 2.75) is 38.6 Å². The first kappa shape index (κ1) is 19.5. The van der Waals surface area contributed by atoms with Crippen LogP contribution >= 0.6 is 0 Å². The molecule has 2 fully saturated rings. The Balaban J connectivity index is 1.24. The second-order valence-electron chi connectivity index (χ2n) is 7.99. The van der Waals surface area contributed by atoms with Crippen molar-refractivity contribution in [1.82, 2.24) is 15.2 Å². The van der Waals surface area contributed by atoms with Crippen LogP contribution in [-0.2, 0) is 4.79 Å². The summed E-state index contributed by atoms with van der Waals surface area (Å²) in [6.07, 6.45) is 5.94. The molecule has 1 saturated carbocycles. The van der Waals surface area contributed by atoms with E-state index in [9.17, 15) is 9.59 Å². The van der Waals surface area contributed by atoms with Gasteiger partial charge in [-0.15, -0.1) is 0 Å². The van der Waals surface area contributed by atoms with Crippen LogP contribution in [0.2, 0.25) is 0 Å². The minimum absolute atomic E-state index is 0.0680. The van der Waals surface area contributed by atoms with Gasteiger partial charge in [-0.1, -0.05) is 18.2 Å². The fourth-order valence-corrected chi connectivity index (χ4v) is 4.41. The van der Waals surface area contributed by atoms with Gasteiger partial charge in [0.25, 0.3) is 5.91 Å². The Labute approximate surface area is 171 Å². The molecule has 0 atom stereocenters. The Morgan fingerprint density at radius 2 is 1.79 bits per heavy atom. The maximum atomic E-state index is 13.0. The maximum absolute atomic E-state index is 13.0. The van der Waals surface area contributed by atoms with Gasteiger partial charge >= 0.3 is 0 Å². The quantitative estimate of drug-likeness (QED) is 0.860. The molecule has 1 saturated heterocycles. The number of oxazole rings is 1. The Kier molecular flexibility index (Phi) is 5.83. The monoisotopic (exact) mass is 396 g/mol. The van der Waals surface area contributed by atoms with Crippen molar-refractivity contribution in [3.8, 4) is 0 Å². The summed E-state index contributed by atoms with van der Waals surface area (Å²) in [7, 11) is 0. The van der Waals surface area contributed by atoms with E-state index in [-0.39, 0.29) is 29.5 Å². The van der Waals surface area contributed by atoms with E-state index < -0.39 is 0 Å². The highest BCUT2D eigenvalue weighted by molar-refractivity contribution is 5.91. The van der Waals surface area contributed by atoms with Gasteiger partial charge in [0.05, 0.1) is 6.20 Å². The number of nitrogens with one attached hydrogen (secondary N) is 1. The number of hydrogen-bond acceptors (Lipinski definition) is 5. The van der Waals surface area contributed by atoms with Crippen LogP contribution in [0.15, 0.2) is 41.3 Å². The molecule has 4 rings (SSSR count). The Hall–Kier alpha value is -2.83. The average Bonchev–Trinajstić information content (AvgIpc) is 3.30. The molecule has 2 amide bonds. The van der Waals surface area contributed by atoms with E-state index in [2.05, 4.69) is 46.4 Å². The van der Waals surface area contributed by atoms with Crippen molar-refractivity contribution >= 4 is 17.5 Å². The lowest BCUT2D eigenvalue weighted by molar-refractivity contribution is -0.137. The van der Waals surface area contributed by atoms with Gasteiger partial charge in [-0.2, -0.15) is 0 Å². The lowest BCUT2D eigenvalue weighted by atomic mass is 9.85. The Bertz CT molecular complexity index is 836. The summed E-state index contributed by atoms with van der Waals surface area (Å²) in [4.78, 5) is 33.2. The number of rotatable bonds is 4. The molecule has 1 aliphatic heterocycles. The molecular formula is C22H28N4O3. The number of benzene rings is 1. The van der Waals surface area contributed by atoms with E-state index in [1.54, 1.807) is 0 Å². The zero-order chi connectivity index (χ0) is 20.2. The highest BCUT2D eigenvalue weighted by Crippen LogP contribution is 2.27. The second kappa shape index (κ2) is 8.68. The van der Waals surface area contributed by atoms with Crippen LogP contribution in [0.3, 0.4) is 0 Å². The van der Waals surface area contributed by atoms with Crippen LogP contribution in [0.4, 0.5) is 5.69 Å². The van der Waals surface area contributed by atoms with Gasteiger partial charge < -0.3 is 19.5 Å². The van der Waals surface area contributed by atoms with Crippen LogP contribution < -0.4 is 10.2 Å². The van der Waals surface area contributed by atoms with Gasteiger partial charge in [-0.05, 0) is 44.2 Å². The third-order valence-corrected chi connectivity index (χ3v) is 6.12. The van der Waals surface area contributed by atoms with Crippen molar-refractivity contribution in [2.75, 3.05) is 31.1 Å². The third kappa shape index (κ3) is 4.44. The largest absolute Gasteiger partial charge is 0.438 e. The molecule has 7 nitrogen and oxygen atoms in total. The summed E-state index contributed by atoms with van der Waals surface area (Å²) in [6, 6.07) is 8.50. The predicted octanol–water partition coefficient (Wildman–Crippen LogP) is 2.62. The molecule has 1 aromatic heterocycles. The standard InChI is InChI=1S/C22H28N4O3/c1-16-4-2-3-5-19(16)25-10-12-26(13-11-25)22(28)17-6-8-18(9-7-17)24-21(27)20-14-23-15-29-20/h2-5,14-15,17-18H,6-13H2,1H3,(H,24,27). The summed E-state index contributed by atoms with van der Waals surface area (Å²) >= 11 is 0. The van der Waals surface area contributed by atoms with Gasteiger partial charge in [0.15, 0.2) is 6.39 Å². The van der Waals surface area contributed by atoms with E-state index >= 15 is 0 Å². The van der Waals surface area contributed by atoms with E-state index in [4.69, 9.17) is 4.42 Å². The number of para-hydroxylation sites is 1. The number of aryl methyl sites for hydroxylation is 1. The molecule has 1 aromatic carbocycles. The van der Waals surface area contributed by atoms with Gasteiger partial charge in [-0.3, -0.25) is 9.59 Å². The fraction of sp³-hybridized carbons (Fsp3) is 0.500. The van der Waals surface area contributed by atoms with E-state index in [1.807, 2.05) is 4.90 Å². The lowest BCUT2D eigenvalue weighted by Crippen LogP contribution is -2.51. The van der Waals surface area contributed by atoms with Crippen LogP contribution in [0.5, 0.6) is 0 Å². The molecule has 1 N–H and O–H groups in total. The molecule has 0 spiro atoms. The minimum atomic E-state index is -0.232. The zero-order valence-electron chi connectivity index (χ0n) is 16.8. The van der Waals surface area contributed by atoms with Gasteiger partial charge in [0.1, 0.15) is 0 Å². The number of carbonyl (C=O) groups is 2. The van der Waals surface area contributed by atoms with E-state index in [1.165, 1.54) is 23.8 Å². The van der Waals surface area contributed by atoms with Gasteiger partial charge in [-0.25, -0.2) is 4.98 Å². The van der Waals surface area contributed by atoms with Crippen LogP contribution in [-0.4, -0.2) is 53.9 Å². The number of anilines is 1. The predicted molar refractivity (Wildman–Crippen MR) is 110 cm³/mol. The first-order chi connectivity index (χ1) is 14.1. The highest BCUT2D eigenvalue weighted by Gasteiger charge is 2.32. The van der Waals surface area contributed by atoms with Crippen LogP contribution in [0.25, 0.3) is 0 Å². The average molecular weight is 396 g/mol. The molecular weight excluding hydrogens is 368 g/mol. The maximum Gasteiger partial charge on any atom is 0.288 e. The van der Waals surface area contributed by atoms with Crippen molar-refractivity contribution in [2.24, 2.45) is 5.92 Å². The molecule has 7 heteroatoms. The van der Waals surface area contributed by atoms with Crippen LogP contribution in [0.1, 0.15) is 41.8 Å². The molecule has 29 heavy (non-hydrogen) atoms. The Morgan fingerprint density at radius 1 is 1.07 bits per heavy atom. The lowest BCUT2D eigenvalue weighted by Gasteiger charge is -2.39. The summed E-state index contributed by atoms with van der Waals surface area (Å²) in [5, 5.41) is 2.99. The number of carbonyl (C=O) groups excluding carboxylic acids is 2. The van der Waals surface area contributed by atoms with Crippen molar-refractivity contribution in [1.29, 1.82) is 0 Å². The SMILES string of the molecule is Cc1ccccc1N1CCN(C(=O)C2CCC(NC(=O)c3cnco3)CC2)CC1. The second-order valence-corrected chi connectivity index (χ2v) is 7.99. The number of hydrogen-bond donors (Lipinski definition) is 1. The number of piperazine rings is 1. The number of nitrogens with zero attached hydrogens (tertiary/aromatic N) is 3. The molecule has 0 bridgehead atoms.